The molecule has 2 N–H and O–H groups in total. The standard InChI is InChI=1S/C21H20N2O3S/c1-26-18-10-8-17(9-11-18)23-21(25)15-4-6-16(7-5-15)22-20(24)13-12-19-3-2-14-27-19/h2-11,14H,12-13H2,1H3,(H,22,24)(H,23,25). The molecule has 1 aromatic heterocycles. The van der Waals surface area contributed by atoms with E-state index < -0.39 is 0 Å². The fourth-order valence-electron chi connectivity index (χ4n) is 2.50. The Bertz CT molecular complexity index is 888. The first-order valence-electron chi connectivity index (χ1n) is 8.52. The Labute approximate surface area is 162 Å². The number of amides is 2. The molecular weight excluding hydrogens is 360 g/mol. The summed E-state index contributed by atoms with van der Waals surface area (Å²) in [6.45, 7) is 0. The van der Waals surface area contributed by atoms with Gasteiger partial charge in [0.1, 0.15) is 5.75 Å². The molecule has 2 amide bonds. The van der Waals surface area contributed by atoms with Crippen LogP contribution in [0.25, 0.3) is 0 Å². The van der Waals surface area contributed by atoms with Crippen molar-refractivity contribution in [2.24, 2.45) is 0 Å². The van der Waals surface area contributed by atoms with Crippen molar-refractivity contribution >= 4 is 34.5 Å². The van der Waals surface area contributed by atoms with Gasteiger partial charge in [-0.25, -0.2) is 0 Å². The fraction of sp³-hybridized carbons (Fsp3) is 0.143. The summed E-state index contributed by atoms with van der Waals surface area (Å²) in [6, 6.07) is 18.0. The van der Waals surface area contributed by atoms with Crippen LogP contribution in [-0.2, 0) is 11.2 Å². The van der Waals surface area contributed by atoms with E-state index in [1.165, 1.54) is 4.88 Å². The van der Waals surface area contributed by atoms with Crippen molar-refractivity contribution in [3.05, 3.63) is 76.5 Å². The van der Waals surface area contributed by atoms with E-state index in [4.69, 9.17) is 4.74 Å². The van der Waals surface area contributed by atoms with Gasteiger partial charge in [-0.1, -0.05) is 6.07 Å². The van der Waals surface area contributed by atoms with E-state index in [1.54, 1.807) is 67.0 Å². The maximum atomic E-state index is 12.3. The average molecular weight is 380 g/mol. The van der Waals surface area contributed by atoms with Gasteiger partial charge in [0.25, 0.3) is 5.91 Å². The molecule has 0 saturated carbocycles. The van der Waals surface area contributed by atoms with Crippen LogP contribution in [-0.4, -0.2) is 18.9 Å². The molecule has 0 unspecified atom stereocenters. The second-order valence-corrected chi connectivity index (χ2v) is 6.92. The van der Waals surface area contributed by atoms with E-state index >= 15 is 0 Å². The summed E-state index contributed by atoms with van der Waals surface area (Å²) in [5, 5.41) is 7.68. The van der Waals surface area contributed by atoms with Crippen LogP contribution in [0.5, 0.6) is 5.75 Å². The normalized spacial score (nSPS) is 10.3. The number of ether oxygens (including phenoxy) is 1. The predicted molar refractivity (Wildman–Crippen MR) is 109 cm³/mol. The van der Waals surface area contributed by atoms with Crippen molar-refractivity contribution < 1.29 is 14.3 Å². The highest BCUT2D eigenvalue weighted by Gasteiger charge is 2.08. The van der Waals surface area contributed by atoms with Crippen molar-refractivity contribution in [3.63, 3.8) is 0 Å². The molecule has 27 heavy (non-hydrogen) atoms. The number of thiophene rings is 1. The molecule has 0 atom stereocenters. The highest BCUT2D eigenvalue weighted by Crippen LogP contribution is 2.17. The van der Waals surface area contributed by atoms with Crippen LogP contribution in [0.4, 0.5) is 11.4 Å². The predicted octanol–water partition coefficient (Wildman–Crippen LogP) is 4.58. The second kappa shape index (κ2) is 9.00. The number of nitrogens with one attached hydrogen (secondary N) is 2. The number of hydrogen-bond donors (Lipinski definition) is 2. The van der Waals surface area contributed by atoms with E-state index in [9.17, 15) is 9.59 Å². The van der Waals surface area contributed by atoms with Gasteiger partial charge in [0.15, 0.2) is 0 Å². The molecule has 0 aliphatic rings. The molecular formula is C21H20N2O3S. The molecule has 2 aromatic carbocycles. The highest BCUT2D eigenvalue weighted by atomic mass is 32.1. The SMILES string of the molecule is COc1ccc(NC(=O)c2ccc(NC(=O)CCc3cccs3)cc2)cc1. The summed E-state index contributed by atoms with van der Waals surface area (Å²) in [5.74, 6) is 0.474. The van der Waals surface area contributed by atoms with Gasteiger partial charge in [-0.3, -0.25) is 9.59 Å². The van der Waals surface area contributed by atoms with Gasteiger partial charge >= 0.3 is 0 Å². The molecule has 0 saturated heterocycles. The zero-order valence-corrected chi connectivity index (χ0v) is 15.7. The Morgan fingerprint density at radius 2 is 1.59 bits per heavy atom. The van der Waals surface area contributed by atoms with E-state index in [-0.39, 0.29) is 11.8 Å². The number of carbonyl (C=O) groups excluding carboxylic acids is 2. The smallest absolute Gasteiger partial charge is 0.255 e. The van der Waals surface area contributed by atoms with Crippen LogP contribution < -0.4 is 15.4 Å². The molecule has 3 rings (SSSR count). The van der Waals surface area contributed by atoms with Gasteiger partial charge in [-0.05, 0) is 66.4 Å². The van der Waals surface area contributed by atoms with E-state index in [0.717, 1.165) is 12.2 Å². The average Bonchev–Trinajstić information content (AvgIpc) is 3.21. The summed E-state index contributed by atoms with van der Waals surface area (Å²) in [6.07, 6.45) is 1.16. The molecule has 0 aliphatic carbocycles. The maximum Gasteiger partial charge on any atom is 0.255 e. The van der Waals surface area contributed by atoms with Gasteiger partial charge < -0.3 is 15.4 Å². The second-order valence-electron chi connectivity index (χ2n) is 5.89. The Balaban J connectivity index is 1.52. The molecule has 0 radical (unpaired) electrons. The first kappa shape index (κ1) is 18.7. The van der Waals surface area contributed by atoms with Crippen LogP contribution in [0, 0.1) is 0 Å². The summed E-state index contributed by atoms with van der Waals surface area (Å²) in [7, 11) is 1.59. The van der Waals surface area contributed by atoms with Crippen molar-refractivity contribution in [1.82, 2.24) is 0 Å². The van der Waals surface area contributed by atoms with Crippen molar-refractivity contribution in [1.29, 1.82) is 0 Å². The summed E-state index contributed by atoms with van der Waals surface area (Å²) >= 11 is 1.65. The van der Waals surface area contributed by atoms with Crippen LogP contribution >= 0.6 is 11.3 Å². The number of benzene rings is 2. The number of hydrogen-bond acceptors (Lipinski definition) is 4. The number of rotatable bonds is 7. The van der Waals surface area contributed by atoms with E-state index in [2.05, 4.69) is 10.6 Å². The van der Waals surface area contributed by atoms with Crippen molar-refractivity contribution in [3.8, 4) is 5.75 Å². The number of carbonyl (C=O) groups is 2. The van der Waals surface area contributed by atoms with Gasteiger partial charge in [0, 0.05) is 28.2 Å². The summed E-state index contributed by atoms with van der Waals surface area (Å²) in [4.78, 5) is 25.5. The highest BCUT2D eigenvalue weighted by molar-refractivity contribution is 7.09. The van der Waals surface area contributed by atoms with E-state index in [0.29, 0.717) is 23.4 Å². The minimum atomic E-state index is -0.212. The van der Waals surface area contributed by atoms with Crippen LogP contribution in [0.2, 0.25) is 0 Å². The lowest BCUT2D eigenvalue weighted by Gasteiger charge is -2.08. The largest absolute Gasteiger partial charge is 0.497 e. The van der Waals surface area contributed by atoms with Gasteiger partial charge in [0.2, 0.25) is 5.91 Å². The molecule has 0 fully saturated rings. The first-order valence-corrected chi connectivity index (χ1v) is 9.40. The molecule has 0 aliphatic heterocycles. The minimum absolute atomic E-state index is 0.0427. The van der Waals surface area contributed by atoms with Crippen LogP contribution in [0.15, 0.2) is 66.0 Å². The molecule has 5 nitrogen and oxygen atoms in total. The van der Waals surface area contributed by atoms with Gasteiger partial charge in [0.05, 0.1) is 7.11 Å². The zero-order valence-electron chi connectivity index (χ0n) is 14.9. The Morgan fingerprint density at radius 3 is 2.22 bits per heavy atom. The third kappa shape index (κ3) is 5.43. The Morgan fingerprint density at radius 1 is 0.926 bits per heavy atom. The fourth-order valence-corrected chi connectivity index (χ4v) is 3.21. The lowest BCUT2D eigenvalue weighted by molar-refractivity contribution is -0.116. The maximum absolute atomic E-state index is 12.3. The molecule has 3 aromatic rings. The molecule has 138 valence electrons. The summed E-state index contributed by atoms with van der Waals surface area (Å²) in [5.41, 5.74) is 1.88. The number of methoxy groups -OCH3 is 1. The molecule has 1 heterocycles. The van der Waals surface area contributed by atoms with Crippen LogP contribution in [0.1, 0.15) is 21.7 Å². The lowest BCUT2D eigenvalue weighted by Crippen LogP contribution is -2.13. The Hall–Kier alpha value is -3.12. The quantitative estimate of drug-likeness (QED) is 0.630. The first-order chi connectivity index (χ1) is 13.1. The third-order valence-corrected chi connectivity index (χ3v) is 4.89. The molecule has 6 heteroatoms. The zero-order chi connectivity index (χ0) is 19.1. The number of aryl methyl sites for hydroxylation is 1. The summed E-state index contributed by atoms with van der Waals surface area (Å²) < 4.78 is 5.10. The third-order valence-electron chi connectivity index (χ3n) is 3.96. The number of anilines is 2. The van der Waals surface area contributed by atoms with Gasteiger partial charge in [-0.15, -0.1) is 11.3 Å². The monoisotopic (exact) mass is 380 g/mol. The molecule has 0 spiro atoms. The van der Waals surface area contributed by atoms with Crippen molar-refractivity contribution in [2.45, 2.75) is 12.8 Å². The Kier molecular flexibility index (Phi) is 6.22. The topological polar surface area (TPSA) is 67.4 Å². The lowest BCUT2D eigenvalue weighted by atomic mass is 10.1. The molecule has 0 bridgehead atoms. The van der Waals surface area contributed by atoms with E-state index in [1.807, 2.05) is 17.5 Å². The van der Waals surface area contributed by atoms with Crippen molar-refractivity contribution in [2.75, 3.05) is 17.7 Å². The minimum Gasteiger partial charge on any atom is -0.497 e. The van der Waals surface area contributed by atoms with Gasteiger partial charge in [-0.2, -0.15) is 0 Å². The van der Waals surface area contributed by atoms with Crippen LogP contribution in [0.3, 0.4) is 0 Å².